The van der Waals surface area contributed by atoms with Crippen LogP contribution in [0.2, 0.25) is 0 Å². The molecule has 0 saturated carbocycles. The van der Waals surface area contributed by atoms with E-state index in [1.165, 1.54) is 19.1 Å². The Morgan fingerprint density at radius 1 is 0.950 bits per heavy atom. The number of aliphatic hydroxyl groups is 1. The highest BCUT2D eigenvalue weighted by Gasteiger charge is 2.34. The number of rotatable bonds is 2. The van der Waals surface area contributed by atoms with Crippen LogP contribution in [-0.2, 0) is 11.8 Å². The molecular weight excluding hydrogens is 333 g/mol. The van der Waals surface area contributed by atoms with Crippen LogP contribution in [0.25, 0.3) is 0 Å². The average molecular weight is 345 g/mol. The van der Waals surface area contributed by atoms with Gasteiger partial charge in [0.1, 0.15) is 5.60 Å². The fraction of sp³-hybridized carbons (Fsp3) is 0.200. The van der Waals surface area contributed by atoms with E-state index in [1.807, 2.05) is 0 Å². The minimum absolute atomic E-state index is 0.194. The van der Waals surface area contributed by atoms with Crippen molar-refractivity contribution in [3.8, 4) is 0 Å². The molecule has 0 heterocycles. The van der Waals surface area contributed by atoms with E-state index in [-0.39, 0.29) is 5.56 Å². The van der Waals surface area contributed by atoms with E-state index >= 15 is 0 Å². The second-order valence-electron chi connectivity index (χ2n) is 4.63. The molecule has 1 N–H and O–H groups in total. The van der Waals surface area contributed by atoms with Gasteiger partial charge in [-0.1, -0.05) is 46.3 Å². The SMILES string of the molecule is CC(O)(c1cccc(C(F)(F)F)c1)c1ccccc1Br. The van der Waals surface area contributed by atoms with Gasteiger partial charge in [-0.15, -0.1) is 0 Å². The molecule has 1 unspecified atom stereocenters. The molecule has 0 aliphatic rings. The zero-order valence-corrected chi connectivity index (χ0v) is 12.2. The summed E-state index contributed by atoms with van der Waals surface area (Å²) in [6.45, 7) is 1.47. The zero-order valence-electron chi connectivity index (χ0n) is 10.6. The smallest absolute Gasteiger partial charge is 0.381 e. The number of halogens is 4. The first-order valence-electron chi connectivity index (χ1n) is 5.88. The van der Waals surface area contributed by atoms with Gasteiger partial charge in [0, 0.05) is 10.0 Å². The summed E-state index contributed by atoms with van der Waals surface area (Å²) in [4.78, 5) is 0. The molecule has 5 heteroatoms. The van der Waals surface area contributed by atoms with E-state index in [0.29, 0.717) is 10.0 Å². The number of hydrogen-bond donors (Lipinski definition) is 1. The standard InChI is InChI=1S/C15H12BrF3O/c1-14(20,12-7-2-3-8-13(12)16)10-5-4-6-11(9-10)15(17,18)19/h2-9,20H,1H3. The van der Waals surface area contributed by atoms with Crippen LogP contribution >= 0.6 is 15.9 Å². The Hall–Kier alpha value is -1.33. The largest absolute Gasteiger partial charge is 0.416 e. The normalized spacial score (nSPS) is 14.9. The number of benzene rings is 2. The van der Waals surface area contributed by atoms with E-state index in [1.54, 1.807) is 24.3 Å². The van der Waals surface area contributed by atoms with E-state index in [0.717, 1.165) is 12.1 Å². The zero-order chi connectivity index (χ0) is 15.0. The summed E-state index contributed by atoms with van der Waals surface area (Å²) in [7, 11) is 0. The molecule has 0 bridgehead atoms. The molecule has 0 radical (unpaired) electrons. The average Bonchev–Trinajstić information content (AvgIpc) is 2.38. The number of alkyl halides is 3. The van der Waals surface area contributed by atoms with Crippen LogP contribution in [-0.4, -0.2) is 5.11 Å². The lowest BCUT2D eigenvalue weighted by molar-refractivity contribution is -0.137. The highest BCUT2D eigenvalue weighted by Crippen LogP contribution is 2.37. The van der Waals surface area contributed by atoms with Crippen molar-refractivity contribution < 1.29 is 18.3 Å². The lowest BCUT2D eigenvalue weighted by Crippen LogP contribution is -2.24. The van der Waals surface area contributed by atoms with E-state index < -0.39 is 17.3 Å². The van der Waals surface area contributed by atoms with Gasteiger partial charge in [0.25, 0.3) is 0 Å². The predicted molar refractivity (Wildman–Crippen MR) is 74.3 cm³/mol. The monoisotopic (exact) mass is 344 g/mol. The third-order valence-corrected chi connectivity index (χ3v) is 3.84. The first-order chi connectivity index (χ1) is 9.23. The maximum Gasteiger partial charge on any atom is 0.416 e. The third-order valence-electron chi connectivity index (χ3n) is 3.15. The second-order valence-corrected chi connectivity index (χ2v) is 5.48. The summed E-state index contributed by atoms with van der Waals surface area (Å²) in [6.07, 6.45) is -4.43. The highest BCUT2D eigenvalue weighted by atomic mass is 79.9. The van der Waals surface area contributed by atoms with Gasteiger partial charge >= 0.3 is 6.18 Å². The molecule has 20 heavy (non-hydrogen) atoms. The molecule has 0 saturated heterocycles. The second kappa shape index (κ2) is 5.22. The Bertz CT molecular complexity index is 621. The molecule has 2 aromatic carbocycles. The summed E-state index contributed by atoms with van der Waals surface area (Å²) in [5.41, 5.74) is -1.58. The lowest BCUT2D eigenvalue weighted by Gasteiger charge is -2.26. The van der Waals surface area contributed by atoms with Gasteiger partial charge in [-0.05, 0) is 30.7 Å². The maximum atomic E-state index is 12.7. The molecule has 0 aliphatic carbocycles. The number of hydrogen-bond acceptors (Lipinski definition) is 1. The molecule has 2 rings (SSSR count). The van der Waals surface area contributed by atoms with Crippen molar-refractivity contribution in [3.63, 3.8) is 0 Å². The minimum atomic E-state index is -4.43. The summed E-state index contributed by atoms with van der Waals surface area (Å²) >= 11 is 3.31. The molecule has 0 aromatic heterocycles. The van der Waals surface area contributed by atoms with Crippen LogP contribution in [0.5, 0.6) is 0 Å². The molecule has 0 aliphatic heterocycles. The van der Waals surface area contributed by atoms with Crippen molar-refractivity contribution in [2.45, 2.75) is 18.7 Å². The van der Waals surface area contributed by atoms with Gasteiger partial charge in [0.05, 0.1) is 5.56 Å². The Labute approximate surface area is 123 Å². The quantitative estimate of drug-likeness (QED) is 0.835. The molecule has 106 valence electrons. The Morgan fingerprint density at radius 3 is 2.15 bits per heavy atom. The van der Waals surface area contributed by atoms with E-state index in [4.69, 9.17) is 0 Å². The highest BCUT2D eigenvalue weighted by molar-refractivity contribution is 9.10. The molecule has 1 atom stereocenters. The summed E-state index contributed by atoms with van der Waals surface area (Å²) < 4.78 is 38.9. The molecule has 1 nitrogen and oxygen atoms in total. The molecule has 0 spiro atoms. The fourth-order valence-corrected chi connectivity index (χ4v) is 2.68. The minimum Gasteiger partial charge on any atom is -0.381 e. The Kier molecular flexibility index (Phi) is 3.93. The van der Waals surface area contributed by atoms with Gasteiger partial charge in [-0.3, -0.25) is 0 Å². The van der Waals surface area contributed by atoms with Gasteiger partial charge in [0.15, 0.2) is 0 Å². The predicted octanol–water partition coefficient (Wildman–Crippen LogP) is 4.72. The van der Waals surface area contributed by atoms with Crippen molar-refractivity contribution in [2.24, 2.45) is 0 Å². The maximum absolute atomic E-state index is 12.7. The van der Waals surface area contributed by atoms with Crippen LogP contribution in [0, 0.1) is 0 Å². The topological polar surface area (TPSA) is 20.2 Å². The van der Waals surface area contributed by atoms with Crippen molar-refractivity contribution in [1.82, 2.24) is 0 Å². The van der Waals surface area contributed by atoms with Crippen molar-refractivity contribution in [3.05, 3.63) is 69.7 Å². The van der Waals surface area contributed by atoms with Crippen LogP contribution in [0.3, 0.4) is 0 Å². The van der Waals surface area contributed by atoms with Gasteiger partial charge < -0.3 is 5.11 Å². The summed E-state index contributed by atoms with van der Waals surface area (Å²) in [5, 5.41) is 10.6. The Morgan fingerprint density at radius 2 is 1.55 bits per heavy atom. The fourth-order valence-electron chi connectivity index (χ4n) is 2.01. The van der Waals surface area contributed by atoms with Crippen LogP contribution < -0.4 is 0 Å². The van der Waals surface area contributed by atoms with Crippen molar-refractivity contribution >= 4 is 15.9 Å². The van der Waals surface area contributed by atoms with Gasteiger partial charge in [0.2, 0.25) is 0 Å². The van der Waals surface area contributed by atoms with Crippen molar-refractivity contribution in [1.29, 1.82) is 0 Å². The van der Waals surface area contributed by atoms with Crippen LogP contribution in [0.4, 0.5) is 13.2 Å². The molecular formula is C15H12BrF3O. The van der Waals surface area contributed by atoms with Gasteiger partial charge in [-0.2, -0.15) is 13.2 Å². The molecule has 0 fully saturated rings. The van der Waals surface area contributed by atoms with Gasteiger partial charge in [-0.25, -0.2) is 0 Å². The molecule has 2 aromatic rings. The Balaban J connectivity index is 2.53. The molecule has 0 amide bonds. The van der Waals surface area contributed by atoms with Crippen molar-refractivity contribution in [2.75, 3.05) is 0 Å². The third kappa shape index (κ3) is 2.88. The lowest BCUT2D eigenvalue weighted by atomic mass is 9.87. The van der Waals surface area contributed by atoms with E-state index in [9.17, 15) is 18.3 Å². The summed E-state index contributed by atoms with van der Waals surface area (Å²) in [5.74, 6) is 0. The van der Waals surface area contributed by atoms with E-state index in [2.05, 4.69) is 15.9 Å². The van der Waals surface area contributed by atoms with Crippen LogP contribution in [0.1, 0.15) is 23.6 Å². The summed E-state index contributed by atoms with van der Waals surface area (Å²) in [6, 6.07) is 11.6. The first kappa shape index (κ1) is 15.1. The first-order valence-corrected chi connectivity index (χ1v) is 6.67. The van der Waals surface area contributed by atoms with Crippen LogP contribution in [0.15, 0.2) is 53.0 Å².